The Morgan fingerprint density at radius 1 is 1.24 bits per heavy atom. The van der Waals surface area contributed by atoms with Crippen LogP contribution in [0.2, 0.25) is 5.02 Å². The summed E-state index contributed by atoms with van der Waals surface area (Å²) >= 11 is 8.89. The van der Waals surface area contributed by atoms with Crippen LogP contribution in [0.5, 0.6) is 5.75 Å². The van der Waals surface area contributed by atoms with Crippen LogP contribution in [0.25, 0.3) is 11.3 Å². The van der Waals surface area contributed by atoms with Crippen LogP contribution in [0.3, 0.4) is 0 Å². The Morgan fingerprint density at radius 3 is 2.76 bits per heavy atom. The molecule has 4 aromatic rings. The van der Waals surface area contributed by atoms with Crippen molar-refractivity contribution < 1.29 is 9.53 Å². The summed E-state index contributed by atoms with van der Waals surface area (Å²) in [6.07, 6.45) is 1.35. The van der Waals surface area contributed by atoms with Crippen molar-refractivity contribution in [1.29, 1.82) is 0 Å². The number of thiazole rings is 1. The molecule has 2 aromatic carbocycles. The zero-order valence-electron chi connectivity index (χ0n) is 18.3. The van der Waals surface area contributed by atoms with Gasteiger partial charge >= 0.3 is 0 Å². The molecule has 34 heavy (non-hydrogen) atoms. The summed E-state index contributed by atoms with van der Waals surface area (Å²) in [6.45, 7) is 6.18. The molecule has 10 heteroatoms. The highest BCUT2D eigenvalue weighted by Gasteiger charge is 2.20. The van der Waals surface area contributed by atoms with E-state index in [0.717, 1.165) is 11.3 Å². The number of carbonyl (C=O) groups is 1. The molecule has 2 aromatic heterocycles. The van der Waals surface area contributed by atoms with E-state index in [1.165, 1.54) is 23.1 Å². The Morgan fingerprint density at radius 2 is 2.00 bits per heavy atom. The number of carbonyl (C=O) groups excluding carboxylic acids is 1. The minimum Gasteiger partial charge on any atom is -0.481 e. The van der Waals surface area contributed by atoms with E-state index in [1.807, 2.05) is 59.3 Å². The lowest BCUT2D eigenvalue weighted by atomic mass is 10.2. The van der Waals surface area contributed by atoms with E-state index >= 15 is 0 Å². The van der Waals surface area contributed by atoms with Crippen molar-refractivity contribution >= 4 is 45.7 Å². The van der Waals surface area contributed by atoms with Crippen molar-refractivity contribution in [2.75, 3.05) is 11.1 Å². The summed E-state index contributed by atoms with van der Waals surface area (Å²) in [4.78, 5) is 17.0. The molecule has 7 nitrogen and oxygen atoms in total. The molecular formula is C24H22ClN5O2S2. The lowest BCUT2D eigenvalue weighted by Crippen LogP contribution is -2.15. The fraction of sp³-hybridized carbons (Fsp3) is 0.167. The SMILES string of the molecule is C=CCn1c(SCC(=O)Nc2nc(-c3ccccc3)cs2)nnc1C(C)Oc1ccccc1Cl. The van der Waals surface area contributed by atoms with Gasteiger partial charge in [-0.2, -0.15) is 0 Å². The van der Waals surface area contributed by atoms with Crippen molar-refractivity contribution in [1.82, 2.24) is 19.7 Å². The lowest BCUT2D eigenvalue weighted by molar-refractivity contribution is -0.113. The largest absolute Gasteiger partial charge is 0.481 e. The van der Waals surface area contributed by atoms with Crippen molar-refractivity contribution in [3.63, 3.8) is 0 Å². The van der Waals surface area contributed by atoms with Gasteiger partial charge < -0.3 is 10.1 Å². The first-order chi connectivity index (χ1) is 16.5. The number of ether oxygens (including phenoxy) is 1. The number of para-hydroxylation sites is 1. The molecular weight excluding hydrogens is 490 g/mol. The smallest absolute Gasteiger partial charge is 0.236 e. The number of nitrogens with one attached hydrogen (secondary N) is 1. The van der Waals surface area contributed by atoms with Crippen LogP contribution >= 0.6 is 34.7 Å². The van der Waals surface area contributed by atoms with Crippen LogP contribution in [0.15, 0.2) is 77.8 Å². The maximum Gasteiger partial charge on any atom is 0.236 e. The molecule has 0 saturated heterocycles. The van der Waals surface area contributed by atoms with Crippen molar-refractivity contribution in [3.8, 4) is 17.0 Å². The molecule has 0 aliphatic rings. The normalized spacial score (nSPS) is 11.7. The summed E-state index contributed by atoms with van der Waals surface area (Å²) in [6, 6.07) is 17.1. The second kappa shape index (κ2) is 11.3. The molecule has 0 fully saturated rings. The topological polar surface area (TPSA) is 81.9 Å². The summed E-state index contributed by atoms with van der Waals surface area (Å²) < 4.78 is 7.87. The number of hydrogen-bond donors (Lipinski definition) is 1. The van der Waals surface area contributed by atoms with E-state index in [-0.39, 0.29) is 11.7 Å². The number of amides is 1. The number of rotatable bonds is 10. The van der Waals surface area contributed by atoms with Crippen LogP contribution < -0.4 is 10.1 Å². The molecule has 0 bridgehead atoms. The van der Waals surface area contributed by atoms with Crippen LogP contribution in [0.1, 0.15) is 18.9 Å². The summed E-state index contributed by atoms with van der Waals surface area (Å²) in [7, 11) is 0. The van der Waals surface area contributed by atoms with Crippen molar-refractivity contribution in [3.05, 3.63) is 83.5 Å². The Balaban J connectivity index is 1.39. The number of aromatic nitrogens is 4. The Hall–Kier alpha value is -3.14. The molecule has 0 saturated carbocycles. The zero-order chi connectivity index (χ0) is 23.9. The van der Waals surface area contributed by atoms with Crippen molar-refractivity contribution in [2.24, 2.45) is 0 Å². The van der Waals surface area contributed by atoms with Gasteiger partial charge in [0.2, 0.25) is 5.91 Å². The number of anilines is 1. The average molecular weight is 512 g/mol. The molecule has 0 radical (unpaired) electrons. The third-order valence-corrected chi connectivity index (χ3v) is 6.75. The second-order valence-corrected chi connectivity index (χ2v) is 9.38. The number of nitrogens with zero attached hydrogens (tertiary/aromatic N) is 4. The number of thioether (sulfide) groups is 1. The fourth-order valence-corrected chi connectivity index (χ4v) is 4.82. The number of hydrogen-bond acceptors (Lipinski definition) is 7. The Labute approximate surface area is 210 Å². The minimum absolute atomic E-state index is 0.162. The van der Waals surface area contributed by atoms with Gasteiger partial charge in [-0.1, -0.05) is 71.9 Å². The summed E-state index contributed by atoms with van der Waals surface area (Å²) in [5, 5.41) is 15.0. The Bertz CT molecular complexity index is 1280. The number of halogens is 1. The van der Waals surface area contributed by atoms with Gasteiger partial charge in [-0.3, -0.25) is 9.36 Å². The first-order valence-electron chi connectivity index (χ1n) is 10.4. The van der Waals surface area contributed by atoms with Gasteiger partial charge in [0, 0.05) is 17.5 Å². The van der Waals surface area contributed by atoms with Gasteiger partial charge in [0.15, 0.2) is 22.2 Å². The maximum absolute atomic E-state index is 12.5. The highest BCUT2D eigenvalue weighted by Crippen LogP contribution is 2.30. The van der Waals surface area contributed by atoms with E-state index in [1.54, 1.807) is 18.2 Å². The van der Waals surface area contributed by atoms with Crippen LogP contribution in [-0.2, 0) is 11.3 Å². The molecule has 0 aliphatic heterocycles. The van der Waals surface area contributed by atoms with Crippen LogP contribution in [0.4, 0.5) is 5.13 Å². The fourth-order valence-electron chi connectivity index (χ4n) is 3.15. The van der Waals surface area contributed by atoms with Gasteiger partial charge in [0.05, 0.1) is 16.5 Å². The lowest BCUT2D eigenvalue weighted by Gasteiger charge is -2.16. The average Bonchev–Trinajstić information content (AvgIpc) is 3.47. The van der Waals surface area contributed by atoms with Crippen LogP contribution in [-0.4, -0.2) is 31.4 Å². The number of allylic oxidation sites excluding steroid dienone is 1. The van der Waals surface area contributed by atoms with E-state index in [9.17, 15) is 4.79 Å². The minimum atomic E-state index is -0.401. The first kappa shape index (κ1) is 24.0. The van der Waals surface area contributed by atoms with Gasteiger partial charge in [0.25, 0.3) is 0 Å². The summed E-state index contributed by atoms with van der Waals surface area (Å²) in [5.41, 5.74) is 1.84. The third kappa shape index (κ3) is 5.85. The maximum atomic E-state index is 12.5. The number of benzene rings is 2. The van der Waals surface area contributed by atoms with Gasteiger partial charge in [-0.25, -0.2) is 4.98 Å². The molecule has 0 spiro atoms. The van der Waals surface area contributed by atoms with E-state index in [2.05, 4.69) is 27.1 Å². The summed E-state index contributed by atoms with van der Waals surface area (Å²) in [5.74, 6) is 1.18. The molecule has 1 N–H and O–H groups in total. The molecule has 4 rings (SSSR count). The van der Waals surface area contributed by atoms with Gasteiger partial charge in [0.1, 0.15) is 5.75 Å². The van der Waals surface area contributed by atoms with E-state index in [0.29, 0.717) is 33.4 Å². The van der Waals surface area contributed by atoms with Crippen molar-refractivity contribution in [2.45, 2.75) is 24.7 Å². The predicted molar refractivity (Wildman–Crippen MR) is 138 cm³/mol. The highest BCUT2D eigenvalue weighted by molar-refractivity contribution is 7.99. The zero-order valence-corrected chi connectivity index (χ0v) is 20.7. The highest BCUT2D eigenvalue weighted by atomic mass is 35.5. The monoisotopic (exact) mass is 511 g/mol. The first-order valence-corrected chi connectivity index (χ1v) is 12.7. The second-order valence-electron chi connectivity index (χ2n) is 7.17. The Kier molecular flexibility index (Phi) is 7.99. The standard InChI is InChI=1S/C24H22ClN5O2S2/c1-3-13-30-22(16(2)32-20-12-8-7-11-18(20)25)28-29-24(30)34-15-21(31)27-23-26-19(14-33-23)17-9-5-4-6-10-17/h3-12,14,16H,1,13,15H2,2H3,(H,26,27,31). The van der Waals surface area contributed by atoms with Crippen LogP contribution in [0, 0.1) is 0 Å². The molecule has 0 aliphatic carbocycles. The third-order valence-electron chi connectivity index (χ3n) is 4.71. The molecule has 1 amide bonds. The molecule has 1 atom stereocenters. The van der Waals surface area contributed by atoms with E-state index in [4.69, 9.17) is 16.3 Å². The molecule has 2 heterocycles. The molecule has 174 valence electrons. The van der Waals surface area contributed by atoms with E-state index < -0.39 is 6.10 Å². The van der Waals surface area contributed by atoms with Gasteiger partial charge in [-0.15, -0.1) is 28.1 Å². The quantitative estimate of drug-likeness (QED) is 0.204. The van der Waals surface area contributed by atoms with Gasteiger partial charge in [-0.05, 0) is 19.1 Å². The molecule has 1 unspecified atom stereocenters. The predicted octanol–water partition coefficient (Wildman–Crippen LogP) is 6.11.